The van der Waals surface area contributed by atoms with E-state index in [2.05, 4.69) is 18.4 Å². The molecule has 0 fully saturated rings. The molecule has 2 amide bonds. The first-order chi connectivity index (χ1) is 16.8. The van der Waals surface area contributed by atoms with Gasteiger partial charge in [0.25, 0.3) is 5.91 Å². The number of nitrogens with zero attached hydrogens (tertiary/aromatic N) is 4. The largest absolute Gasteiger partial charge is 0.414 e. The zero-order chi connectivity index (χ0) is 25.5. The highest BCUT2D eigenvalue weighted by molar-refractivity contribution is 5.97. The summed E-state index contributed by atoms with van der Waals surface area (Å²) in [6, 6.07) is 13.4. The maximum Gasteiger partial charge on any atom is 0.414 e. The molecule has 0 bridgehead atoms. The fourth-order valence-corrected chi connectivity index (χ4v) is 3.94. The second-order valence-electron chi connectivity index (χ2n) is 9.25. The quantitative estimate of drug-likeness (QED) is 0.380. The fourth-order valence-electron chi connectivity index (χ4n) is 3.94. The molecule has 1 heterocycles. The van der Waals surface area contributed by atoms with Gasteiger partial charge in [0.1, 0.15) is 11.6 Å². The molecule has 1 aromatic heterocycles. The van der Waals surface area contributed by atoms with Gasteiger partial charge >= 0.3 is 6.09 Å². The monoisotopic (exact) mass is 478 g/mol. The number of ether oxygens (including phenoxy) is 1. The van der Waals surface area contributed by atoms with Gasteiger partial charge in [0.2, 0.25) is 0 Å². The highest BCUT2D eigenvalue weighted by Crippen LogP contribution is 2.23. The third kappa shape index (κ3) is 6.41. The van der Waals surface area contributed by atoms with Gasteiger partial charge in [0, 0.05) is 45.2 Å². The Hall–Kier alpha value is -3.35. The van der Waals surface area contributed by atoms with Gasteiger partial charge in [0.05, 0.1) is 11.0 Å². The summed E-state index contributed by atoms with van der Waals surface area (Å²) in [5.41, 5.74) is 3.64. The van der Waals surface area contributed by atoms with E-state index in [1.165, 1.54) is 4.90 Å². The van der Waals surface area contributed by atoms with Gasteiger partial charge in [-0.2, -0.15) is 0 Å². The lowest BCUT2D eigenvalue weighted by atomic mass is 10.1. The van der Waals surface area contributed by atoms with Crippen LogP contribution in [-0.4, -0.2) is 58.0 Å². The molecule has 3 aromatic rings. The molecule has 0 radical (unpaired) electrons. The number of carbonyl (C=O) groups is 2. The molecular weight excluding hydrogens is 440 g/mol. The second kappa shape index (κ2) is 11.9. The minimum Gasteiger partial charge on any atom is -0.410 e. The van der Waals surface area contributed by atoms with E-state index >= 15 is 0 Å². The maximum atomic E-state index is 12.9. The van der Waals surface area contributed by atoms with Crippen LogP contribution in [0.2, 0.25) is 0 Å². The summed E-state index contributed by atoms with van der Waals surface area (Å²) in [7, 11) is 1.71. The number of hydrogen-bond acceptors (Lipinski definition) is 4. The molecule has 7 nitrogen and oxygen atoms in total. The van der Waals surface area contributed by atoms with Crippen molar-refractivity contribution in [2.24, 2.45) is 5.92 Å². The zero-order valence-electron chi connectivity index (χ0n) is 21.9. The van der Waals surface area contributed by atoms with Crippen molar-refractivity contribution in [1.82, 2.24) is 19.4 Å². The molecular formula is C28H38N4O3. The zero-order valence-corrected chi connectivity index (χ0v) is 21.9. The van der Waals surface area contributed by atoms with E-state index in [0.717, 1.165) is 35.4 Å². The molecule has 35 heavy (non-hydrogen) atoms. The van der Waals surface area contributed by atoms with Gasteiger partial charge in [-0.25, -0.2) is 9.78 Å². The van der Waals surface area contributed by atoms with Gasteiger partial charge in [-0.3, -0.25) is 4.79 Å². The minimum atomic E-state index is -0.370. The van der Waals surface area contributed by atoms with Gasteiger partial charge < -0.3 is 19.1 Å². The van der Waals surface area contributed by atoms with Crippen molar-refractivity contribution < 1.29 is 14.3 Å². The average molecular weight is 479 g/mol. The smallest absolute Gasteiger partial charge is 0.410 e. The van der Waals surface area contributed by atoms with Crippen LogP contribution in [0.3, 0.4) is 0 Å². The highest BCUT2D eigenvalue weighted by Gasteiger charge is 2.17. The van der Waals surface area contributed by atoms with Crippen molar-refractivity contribution in [3.05, 3.63) is 59.4 Å². The first kappa shape index (κ1) is 26.3. The van der Waals surface area contributed by atoms with E-state index in [-0.39, 0.29) is 12.0 Å². The summed E-state index contributed by atoms with van der Waals surface area (Å²) in [5.74, 6) is 2.09. The third-order valence-electron chi connectivity index (χ3n) is 6.33. The van der Waals surface area contributed by atoms with E-state index in [0.29, 0.717) is 43.3 Å². The Morgan fingerprint density at radius 2 is 1.69 bits per heavy atom. The van der Waals surface area contributed by atoms with E-state index in [9.17, 15) is 9.59 Å². The Bertz CT molecular complexity index is 1150. The van der Waals surface area contributed by atoms with Crippen molar-refractivity contribution in [2.75, 3.05) is 26.7 Å². The van der Waals surface area contributed by atoms with Crippen LogP contribution in [0.5, 0.6) is 5.75 Å². The van der Waals surface area contributed by atoms with Crippen molar-refractivity contribution in [2.45, 2.75) is 54.0 Å². The number of aryl methyl sites for hydroxylation is 1. The topological polar surface area (TPSA) is 67.7 Å². The van der Waals surface area contributed by atoms with Crippen LogP contribution in [0.15, 0.2) is 42.5 Å². The number of carbonyl (C=O) groups excluding carboxylic acids is 2. The maximum absolute atomic E-state index is 12.9. The van der Waals surface area contributed by atoms with Gasteiger partial charge in [0.15, 0.2) is 0 Å². The molecule has 0 aliphatic rings. The Morgan fingerprint density at radius 3 is 2.29 bits per heavy atom. The summed E-state index contributed by atoms with van der Waals surface area (Å²) in [5, 5.41) is 0. The summed E-state index contributed by atoms with van der Waals surface area (Å²) in [6.45, 7) is 13.1. The molecule has 0 saturated carbocycles. The molecule has 0 aliphatic carbocycles. The average Bonchev–Trinajstić information content (AvgIpc) is 3.19. The van der Waals surface area contributed by atoms with Crippen LogP contribution in [0.1, 0.15) is 62.8 Å². The standard InChI is InChI=1S/C28H38N4O3/c1-7-30(6)28(34)35-23-13-10-21(11-14-23)18-26-29-24-19-22(27(33)31(8-2)9-3)12-15-25(24)32(26)17-16-20(4)5/h10-15,19-20H,7-9,16-18H2,1-6H3. The molecule has 0 atom stereocenters. The summed E-state index contributed by atoms with van der Waals surface area (Å²) in [4.78, 5) is 33.2. The molecule has 0 unspecified atom stereocenters. The number of benzene rings is 2. The lowest BCUT2D eigenvalue weighted by Crippen LogP contribution is -2.30. The minimum absolute atomic E-state index is 0.0361. The Balaban J connectivity index is 1.88. The van der Waals surface area contributed by atoms with E-state index in [1.54, 1.807) is 7.05 Å². The predicted molar refractivity (Wildman–Crippen MR) is 140 cm³/mol. The number of fused-ring (bicyclic) bond motifs is 1. The van der Waals surface area contributed by atoms with Crippen LogP contribution < -0.4 is 4.74 Å². The third-order valence-corrected chi connectivity index (χ3v) is 6.33. The lowest BCUT2D eigenvalue weighted by Gasteiger charge is -2.18. The van der Waals surface area contributed by atoms with Crippen molar-refractivity contribution in [3.8, 4) is 5.75 Å². The van der Waals surface area contributed by atoms with Crippen LogP contribution in [0.25, 0.3) is 11.0 Å². The van der Waals surface area contributed by atoms with Crippen molar-refractivity contribution in [3.63, 3.8) is 0 Å². The first-order valence-electron chi connectivity index (χ1n) is 12.6. The van der Waals surface area contributed by atoms with Crippen LogP contribution in [0, 0.1) is 5.92 Å². The van der Waals surface area contributed by atoms with Gasteiger partial charge in [-0.05, 0) is 69.0 Å². The summed E-state index contributed by atoms with van der Waals surface area (Å²) in [6.07, 6.45) is 1.32. The van der Waals surface area contributed by atoms with Crippen LogP contribution in [0.4, 0.5) is 4.79 Å². The molecule has 7 heteroatoms. The van der Waals surface area contributed by atoms with Crippen LogP contribution in [-0.2, 0) is 13.0 Å². The summed E-state index contributed by atoms with van der Waals surface area (Å²) >= 11 is 0. The molecule has 0 aliphatic heterocycles. The molecule has 0 N–H and O–H groups in total. The second-order valence-corrected chi connectivity index (χ2v) is 9.25. The molecule has 0 saturated heterocycles. The highest BCUT2D eigenvalue weighted by atomic mass is 16.6. The number of rotatable bonds is 10. The van der Waals surface area contributed by atoms with E-state index in [4.69, 9.17) is 9.72 Å². The first-order valence-corrected chi connectivity index (χ1v) is 12.6. The predicted octanol–water partition coefficient (Wildman–Crippen LogP) is 5.61. The van der Waals surface area contributed by atoms with Crippen molar-refractivity contribution >= 4 is 23.0 Å². The summed E-state index contributed by atoms with van der Waals surface area (Å²) < 4.78 is 7.68. The van der Waals surface area contributed by atoms with Crippen LogP contribution >= 0.6 is 0 Å². The lowest BCUT2D eigenvalue weighted by molar-refractivity contribution is 0.0773. The van der Waals surface area contributed by atoms with E-state index in [1.807, 2.05) is 68.1 Å². The number of imidazole rings is 1. The normalized spacial score (nSPS) is 11.2. The Morgan fingerprint density at radius 1 is 1.00 bits per heavy atom. The molecule has 188 valence electrons. The fraction of sp³-hybridized carbons (Fsp3) is 0.464. The number of hydrogen-bond donors (Lipinski definition) is 0. The van der Waals surface area contributed by atoms with Crippen molar-refractivity contribution in [1.29, 1.82) is 0 Å². The SMILES string of the molecule is CCN(C)C(=O)Oc1ccc(Cc2nc3cc(C(=O)N(CC)CC)ccc3n2CCC(C)C)cc1. The Labute approximate surface area is 208 Å². The molecule has 2 aromatic carbocycles. The molecule has 0 spiro atoms. The number of aromatic nitrogens is 2. The van der Waals surface area contributed by atoms with Gasteiger partial charge in [-0.1, -0.05) is 26.0 Å². The molecule has 3 rings (SSSR count). The Kier molecular flexibility index (Phi) is 8.90. The van der Waals surface area contributed by atoms with Gasteiger partial charge in [-0.15, -0.1) is 0 Å². The number of amides is 2. The van der Waals surface area contributed by atoms with E-state index < -0.39 is 0 Å².